The number of nitriles is 1. The molecular formula is C21H20F2N6OS. The zero-order valence-electron chi connectivity index (χ0n) is 16.6. The zero-order valence-corrected chi connectivity index (χ0v) is 17.4. The quantitative estimate of drug-likeness (QED) is 0.540. The zero-order chi connectivity index (χ0) is 21.6. The van der Waals surface area contributed by atoms with Crippen LogP contribution in [0.5, 0.6) is 5.75 Å². The van der Waals surface area contributed by atoms with Crippen LogP contribution in [0.2, 0.25) is 0 Å². The van der Waals surface area contributed by atoms with E-state index in [-0.39, 0.29) is 5.75 Å². The number of halogens is 2. The van der Waals surface area contributed by atoms with Gasteiger partial charge in [0.05, 0.1) is 12.1 Å². The van der Waals surface area contributed by atoms with Crippen LogP contribution in [0.25, 0.3) is 5.69 Å². The van der Waals surface area contributed by atoms with Gasteiger partial charge in [-0.2, -0.15) is 14.0 Å². The Morgan fingerprint density at radius 2 is 1.87 bits per heavy atom. The van der Waals surface area contributed by atoms with Crippen LogP contribution in [0.1, 0.15) is 30.7 Å². The van der Waals surface area contributed by atoms with Crippen LogP contribution in [-0.4, -0.2) is 44.3 Å². The Hall–Kier alpha value is -3.03. The number of hydrogen-bond donors (Lipinski definition) is 0. The van der Waals surface area contributed by atoms with Gasteiger partial charge < -0.3 is 4.74 Å². The Bertz CT molecular complexity index is 1060. The first-order chi connectivity index (χ1) is 15.1. The van der Waals surface area contributed by atoms with E-state index < -0.39 is 6.61 Å². The van der Waals surface area contributed by atoms with Crippen LogP contribution in [0.15, 0.2) is 52.8 Å². The molecule has 0 spiro atoms. The van der Waals surface area contributed by atoms with Crippen molar-refractivity contribution in [2.24, 2.45) is 0 Å². The first-order valence-electron chi connectivity index (χ1n) is 9.89. The summed E-state index contributed by atoms with van der Waals surface area (Å²) in [7, 11) is 0. The standard InChI is InChI=1S/C21H20F2N6OS/c22-20(23)30-17-8-6-16(7-9-17)29-18(14-28-11-2-1-3-12-28)26-27-21(29)31-19-15(13-24)5-4-10-25-19/h4-10,20H,1-3,11-12,14H2. The summed E-state index contributed by atoms with van der Waals surface area (Å²) in [4.78, 5) is 6.62. The molecule has 2 aromatic heterocycles. The molecule has 0 saturated carbocycles. The molecule has 1 aliphatic rings. The molecule has 160 valence electrons. The van der Waals surface area contributed by atoms with Gasteiger partial charge >= 0.3 is 6.61 Å². The summed E-state index contributed by atoms with van der Waals surface area (Å²) < 4.78 is 31.4. The normalized spacial score (nSPS) is 14.5. The maximum atomic E-state index is 12.5. The topological polar surface area (TPSA) is 79.9 Å². The van der Waals surface area contributed by atoms with Crippen molar-refractivity contribution >= 4 is 11.8 Å². The van der Waals surface area contributed by atoms with Crippen molar-refractivity contribution in [3.05, 3.63) is 54.0 Å². The van der Waals surface area contributed by atoms with Crippen LogP contribution in [0, 0.1) is 11.3 Å². The second-order valence-corrected chi connectivity index (χ2v) is 7.97. The Morgan fingerprint density at radius 1 is 1.10 bits per heavy atom. The van der Waals surface area contributed by atoms with Gasteiger partial charge in [0.15, 0.2) is 5.82 Å². The van der Waals surface area contributed by atoms with Crippen molar-refractivity contribution in [2.75, 3.05) is 13.1 Å². The number of alkyl halides is 2. The van der Waals surface area contributed by atoms with E-state index in [0.29, 0.717) is 22.3 Å². The Morgan fingerprint density at radius 3 is 2.58 bits per heavy atom. The molecule has 0 N–H and O–H groups in total. The lowest BCUT2D eigenvalue weighted by molar-refractivity contribution is -0.0498. The molecule has 3 aromatic rings. The minimum absolute atomic E-state index is 0.0788. The molecule has 0 aliphatic carbocycles. The molecule has 31 heavy (non-hydrogen) atoms. The van der Waals surface area contributed by atoms with E-state index in [1.165, 1.54) is 30.3 Å². The molecule has 10 heteroatoms. The van der Waals surface area contributed by atoms with Crippen LogP contribution in [0.4, 0.5) is 8.78 Å². The van der Waals surface area contributed by atoms with Gasteiger partial charge in [-0.15, -0.1) is 10.2 Å². The molecule has 1 aromatic carbocycles. The number of likely N-dealkylation sites (tertiary alicyclic amines) is 1. The molecule has 1 saturated heterocycles. The van der Waals surface area contributed by atoms with E-state index in [9.17, 15) is 14.0 Å². The monoisotopic (exact) mass is 442 g/mol. The molecule has 4 rings (SSSR count). The third-order valence-corrected chi connectivity index (χ3v) is 5.88. The SMILES string of the molecule is N#Cc1cccnc1Sc1nnc(CN2CCCCC2)n1-c1ccc(OC(F)F)cc1. The highest BCUT2D eigenvalue weighted by molar-refractivity contribution is 7.99. The predicted molar refractivity (Wildman–Crippen MR) is 110 cm³/mol. The van der Waals surface area contributed by atoms with E-state index >= 15 is 0 Å². The highest BCUT2D eigenvalue weighted by Crippen LogP contribution is 2.31. The largest absolute Gasteiger partial charge is 0.435 e. The molecule has 7 nitrogen and oxygen atoms in total. The molecule has 1 fully saturated rings. The molecule has 0 bridgehead atoms. The summed E-state index contributed by atoms with van der Waals surface area (Å²) in [6.07, 6.45) is 5.14. The van der Waals surface area contributed by atoms with E-state index in [1.807, 2.05) is 4.57 Å². The Labute approximate surface area is 182 Å². The van der Waals surface area contributed by atoms with Gasteiger partial charge in [-0.3, -0.25) is 9.47 Å². The van der Waals surface area contributed by atoms with Crippen molar-refractivity contribution < 1.29 is 13.5 Å². The van der Waals surface area contributed by atoms with E-state index in [4.69, 9.17) is 0 Å². The molecule has 0 amide bonds. The molecule has 0 radical (unpaired) electrons. The second-order valence-electron chi connectivity index (χ2n) is 7.01. The predicted octanol–water partition coefficient (Wildman–Crippen LogP) is 4.27. The number of aromatic nitrogens is 4. The summed E-state index contributed by atoms with van der Waals surface area (Å²) in [5.74, 6) is 0.816. The smallest absolute Gasteiger partial charge is 0.387 e. The lowest BCUT2D eigenvalue weighted by Crippen LogP contribution is -2.30. The number of benzene rings is 1. The van der Waals surface area contributed by atoms with Crippen molar-refractivity contribution in [1.82, 2.24) is 24.6 Å². The van der Waals surface area contributed by atoms with Gasteiger partial charge in [0, 0.05) is 11.9 Å². The summed E-state index contributed by atoms with van der Waals surface area (Å²) in [5.41, 5.74) is 1.16. The van der Waals surface area contributed by atoms with Crippen molar-refractivity contribution in [3.8, 4) is 17.5 Å². The lowest BCUT2D eigenvalue weighted by Gasteiger charge is -2.26. The lowest BCUT2D eigenvalue weighted by atomic mass is 10.1. The van der Waals surface area contributed by atoms with Crippen LogP contribution >= 0.6 is 11.8 Å². The molecule has 1 aliphatic heterocycles. The van der Waals surface area contributed by atoms with Crippen LogP contribution < -0.4 is 4.74 Å². The fourth-order valence-electron chi connectivity index (χ4n) is 3.47. The number of nitrogens with zero attached hydrogens (tertiary/aromatic N) is 6. The van der Waals surface area contributed by atoms with Gasteiger partial charge in [0.1, 0.15) is 16.8 Å². The van der Waals surface area contributed by atoms with Crippen molar-refractivity contribution in [1.29, 1.82) is 5.26 Å². The fraction of sp³-hybridized carbons (Fsp3) is 0.333. The van der Waals surface area contributed by atoms with Gasteiger partial charge in [0.25, 0.3) is 0 Å². The fourth-order valence-corrected chi connectivity index (χ4v) is 4.36. The van der Waals surface area contributed by atoms with Gasteiger partial charge in [-0.05, 0) is 74.1 Å². The van der Waals surface area contributed by atoms with E-state index in [1.54, 1.807) is 30.5 Å². The first kappa shape index (κ1) is 21.2. The summed E-state index contributed by atoms with van der Waals surface area (Å²) >= 11 is 1.24. The maximum Gasteiger partial charge on any atom is 0.387 e. The summed E-state index contributed by atoms with van der Waals surface area (Å²) in [5, 5.41) is 19.2. The third kappa shape index (κ3) is 5.18. The summed E-state index contributed by atoms with van der Waals surface area (Å²) in [6.45, 7) is -0.268. The number of pyridine rings is 1. The van der Waals surface area contributed by atoms with Gasteiger partial charge in [0.2, 0.25) is 5.16 Å². The maximum absolute atomic E-state index is 12.5. The van der Waals surface area contributed by atoms with Crippen molar-refractivity contribution in [2.45, 2.75) is 42.6 Å². The number of ether oxygens (including phenoxy) is 1. The third-order valence-electron chi connectivity index (χ3n) is 4.91. The van der Waals surface area contributed by atoms with Crippen molar-refractivity contribution in [3.63, 3.8) is 0 Å². The molecule has 3 heterocycles. The Kier molecular flexibility index (Phi) is 6.74. The number of hydrogen-bond acceptors (Lipinski definition) is 7. The minimum Gasteiger partial charge on any atom is -0.435 e. The highest BCUT2D eigenvalue weighted by Gasteiger charge is 2.20. The van der Waals surface area contributed by atoms with Crippen LogP contribution in [0.3, 0.4) is 0 Å². The number of rotatable bonds is 7. The second kappa shape index (κ2) is 9.85. The molecular weight excluding hydrogens is 422 g/mol. The van der Waals surface area contributed by atoms with E-state index in [2.05, 4.69) is 30.9 Å². The summed E-state index contributed by atoms with van der Waals surface area (Å²) in [6, 6.07) is 11.9. The van der Waals surface area contributed by atoms with Crippen LogP contribution in [-0.2, 0) is 6.54 Å². The van der Waals surface area contributed by atoms with E-state index in [0.717, 1.165) is 37.4 Å². The average Bonchev–Trinajstić information content (AvgIpc) is 3.17. The first-order valence-corrected chi connectivity index (χ1v) is 10.7. The molecule has 0 unspecified atom stereocenters. The van der Waals surface area contributed by atoms with Gasteiger partial charge in [-0.25, -0.2) is 4.98 Å². The number of piperidine rings is 1. The highest BCUT2D eigenvalue weighted by atomic mass is 32.2. The average molecular weight is 442 g/mol. The minimum atomic E-state index is -2.88. The molecule has 0 atom stereocenters. The Balaban J connectivity index is 1.68. The van der Waals surface area contributed by atoms with Gasteiger partial charge in [-0.1, -0.05) is 6.42 Å².